The second kappa shape index (κ2) is 9.38. The largest absolute Gasteiger partial charge is 0.460 e. The van der Waals surface area contributed by atoms with E-state index >= 15 is 0 Å². The Hall–Kier alpha value is -2.77. The van der Waals surface area contributed by atoms with Gasteiger partial charge in [-0.05, 0) is 37.1 Å². The van der Waals surface area contributed by atoms with E-state index in [0.717, 1.165) is 10.9 Å². The second-order valence-corrected chi connectivity index (χ2v) is 9.16. The van der Waals surface area contributed by atoms with Crippen molar-refractivity contribution in [1.82, 2.24) is 9.55 Å². The molecule has 0 N–H and O–H groups in total. The van der Waals surface area contributed by atoms with Crippen LogP contribution < -0.4 is 5.56 Å². The Bertz CT molecular complexity index is 1360. The zero-order valence-corrected chi connectivity index (χ0v) is 19.6. The molecule has 6 nitrogen and oxygen atoms in total. The number of nitrogens with zero attached hydrogens (tertiary/aromatic N) is 2. The van der Waals surface area contributed by atoms with E-state index < -0.39 is 5.97 Å². The van der Waals surface area contributed by atoms with Crippen LogP contribution in [0.1, 0.15) is 36.9 Å². The first kappa shape index (κ1) is 22.4. The molecular formula is C24H23ClN2O4S. The predicted molar refractivity (Wildman–Crippen MR) is 128 cm³/mol. The topological polar surface area (TPSA) is 74.3 Å². The molecule has 0 radical (unpaired) electrons. The molecule has 0 aliphatic carbocycles. The molecule has 2 aromatic heterocycles. The molecule has 166 valence electrons. The molecule has 4 rings (SSSR count). The standard InChI is InChI=1S/C24H23ClN2O4S/c1-4-30-23(29)21-18(16-7-5-6-8-20(16)31-21)13-32-24-26-19-11-15(25)9-10-17(19)22(28)27(24)12-14(2)3/h5-11,14H,4,12-13H2,1-3H3. The zero-order valence-electron chi connectivity index (χ0n) is 18.1. The van der Waals surface area contributed by atoms with E-state index in [2.05, 4.69) is 13.8 Å². The van der Waals surface area contributed by atoms with Crippen LogP contribution in [0, 0.1) is 5.92 Å². The molecule has 4 aromatic rings. The maximum atomic E-state index is 13.2. The quantitative estimate of drug-likeness (QED) is 0.189. The van der Waals surface area contributed by atoms with Gasteiger partial charge in [0.15, 0.2) is 5.16 Å². The highest BCUT2D eigenvalue weighted by Crippen LogP contribution is 2.32. The van der Waals surface area contributed by atoms with Gasteiger partial charge in [0, 0.05) is 28.3 Å². The van der Waals surface area contributed by atoms with Crippen molar-refractivity contribution in [2.45, 2.75) is 38.2 Å². The maximum absolute atomic E-state index is 13.2. The van der Waals surface area contributed by atoms with E-state index in [1.165, 1.54) is 11.8 Å². The number of ether oxygens (including phenoxy) is 1. The Balaban J connectivity index is 1.79. The van der Waals surface area contributed by atoms with Crippen LogP contribution in [0.3, 0.4) is 0 Å². The molecule has 0 aliphatic rings. The van der Waals surface area contributed by atoms with Gasteiger partial charge in [0.25, 0.3) is 5.56 Å². The highest BCUT2D eigenvalue weighted by atomic mass is 35.5. The van der Waals surface area contributed by atoms with Crippen LogP contribution in [-0.2, 0) is 17.0 Å². The number of rotatable bonds is 7. The van der Waals surface area contributed by atoms with Crippen LogP contribution >= 0.6 is 23.4 Å². The molecule has 0 unspecified atom stereocenters. The molecular weight excluding hydrogens is 448 g/mol. The van der Waals surface area contributed by atoms with Crippen molar-refractivity contribution in [2.24, 2.45) is 5.92 Å². The van der Waals surface area contributed by atoms with E-state index in [4.69, 9.17) is 25.7 Å². The van der Waals surface area contributed by atoms with Gasteiger partial charge in [-0.3, -0.25) is 9.36 Å². The average molecular weight is 471 g/mol. The van der Waals surface area contributed by atoms with E-state index in [1.807, 2.05) is 24.3 Å². The average Bonchev–Trinajstić information content (AvgIpc) is 3.13. The van der Waals surface area contributed by atoms with Crippen molar-refractivity contribution in [3.63, 3.8) is 0 Å². The summed E-state index contributed by atoms with van der Waals surface area (Å²) in [5.74, 6) is 0.324. The number of thioether (sulfide) groups is 1. The number of hydrogen-bond acceptors (Lipinski definition) is 6. The molecule has 0 saturated heterocycles. The number of aromatic nitrogens is 2. The monoisotopic (exact) mass is 470 g/mol. The third-order valence-corrected chi connectivity index (χ3v) is 6.17. The Morgan fingerprint density at radius 1 is 1.22 bits per heavy atom. The lowest BCUT2D eigenvalue weighted by molar-refractivity contribution is 0.0491. The zero-order chi connectivity index (χ0) is 22.8. The minimum absolute atomic E-state index is 0.106. The molecule has 0 amide bonds. The number of furan rings is 1. The molecule has 0 saturated carbocycles. The number of halogens is 1. The van der Waals surface area contributed by atoms with Crippen LogP contribution in [-0.4, -0.2) is 22.1 Å². The lowest BCUT2D eigenvalue weighted by Crippen LogP contribution is -2.25. The summed E-state index contributed by atoms with van der Waals surface area (Å²) in [6.07, 6.45) is 0. The van der Waals surface area contributed by atoms with Gasteiger partial charge < -0.3 is 9.15 Å². The van der Waals surface area contributed by atoms with Crippen LogP contribution in [0.15, 0.2) is 56.8 Å². The number of benzene rings is 2. The highest BCUT2D eigenvalue weighted by Gasteiger charge is 2.23. The Morgan fingerprint density at radius 2 is 2.00 bits per heavy atom. The molecule has 0 spiro atoms. The predicted octanol–water partition coefficient (Wildman–Crippen LogP) is 5.92. The van der Waals surface area contributed by atoms with E-state index in [-0.39, 0.29) is 23.8 Å². The van der Waals surface area contributed by atoms with Crippen LogP contribution in [0.2, 0.25) is 5.02 Å². The summed E-state index contributed by atoms with van der Waals surface area (Å²) in [6.45, 7) is 6.64. The fourth-order valence-electron chi connectivity index (χ4n) is 3.55. The molecule has 32 heavy (non-hydrogen) atoms. The summed E-state index contributed by atoms with van der Waals surface area (Å²) >= 11 is 7.52. The third kappa shape index (κ3) is 4.40. The molecule has 0 fully saturated rings. The normalized spacial score (nSPS) is 11.5. The van der Waals surface area contributed by atoms with Crippen molar-refractivity contribution in [3.8, 4) is 0 Å². The molecule has 8 heteroatoms. The molecule has 2 heterocycles. The summed E-state index contributed by atoms with van der Waals surface area (Å²) in [7, 11) is 0. The molecule has 0 atom stereocenters. The Kier molecular flexibility index (Phi) is 6.58. The van der Waals surface area contributed by atoms with Crippen molar-refractivity contribution in [3.05, 3.63) is 69.2 Å². The highest BCUT2D eigenvalue weighted by molar-refractivity contribution is 7.98. The van der Waals surface area contributed by atoms with Gasteiger partial charge >= 0.3 is 5.97 Å². The fraction of sp³-hybridized carbons (Fsp3) is 0.292. The molecule has 2 aromatic carbocycles. The van der Waals surface area contributed by atoms with Crippen LogP contribution in [0.5, 0.6) is 0 Å². The van der Waals surface area contributed by atoms with Gasteiger partial charge in [-0.25, -0.2) is 9.78 Å². The van der Waals surface area contributed by atoms with E-state index in [0.29, 0.717) is 39.0 Å². The van der Waals surface area contributed by atoms with Gasteiger partial charge in [0.1, 0.15) is 5.58 Å². The first-order valence-electron chi connectivity index (χ1n) is 10.4. The number of fused-ring (bicyclic) bond motifs is 2. The Labute approximate surface area is 194 Å². The van der Waals surface area contributed by atoms with Crippen LogP contribution in [0.4, 0.5) is 0 Å². The number of carbonyl (C=O) groups excluding carboxylic acids is 1. The van der Waals surface area contributed by atoms with E-state index in [1.54, 1.807) is 29.7 Å². The number of carbonyl (C=O) groups is 1. The summed E-state index contributed by atoms with van der Waals surface area (Å²) in [4.78, 5) is 30.5. The van der Waals surface area contributed by atoms with Crippen LogP contribution in [0.25, 0.3) is 21.9 Å². The van der Waals surface area contributed by atoms with Crippen molar-refractivity contribution >= 4 is 51.2 Å². The minimum atomic E-state index is -0.503. The van der Waals surface area contributed by atoms with Crippen molar-refractivity contribution in [2.75, 3.05) is 6.61 Å². The summed E-state index contributed by atoms with van der Waals surface area (Å²) < 4.78 is 12.7. The summed E-state index contributed by atoms with van der Waals surface area (Å²) in [6, 6.07) is 12.6. The lowest BCUT2D eigenvalue weighted by atomic mass is 10.1. The van der Waals surface area contributed by atoms with Crippen molar-refractivity contribution in [1.29, 1.82) is 0 Å². The summed E-state index contributed by atoms with van der Waals surface area (Å²) in [5.41, 5.74) is 1.78. The first-order chi connectivity index (χ1) is 15.4. The smallest absolute Gasteiger partial charge is 0.374 e. The lowest BCUT2D eigenvalue weighted by Gasteiger charge is -2.15. The number of para-hydroxylation sites is 1. The molecule has 0 bridgehead atoms. The van der Waals surface area contributed by atoms with E-state index in [9.17, 15) is 9.59 Å². The van der Waals surface area contributed by atoms with Gasteiger partial charge in [0.2, 0.25) is 5.76 Å². The van der Waals surface area contributed by atoms with Gasteiger partial charge in [-0.2, -0.15) is 0 Å². The first-order valence-corrected chi connectivity index (χ1v) is 11.8. The Morgan fingerprint density at radius 3 is 2.75 bits per heavy atom. The maximum Gasteiger partial charge on any atom is 0.374 e. The minimum Gasteiger partial charge on any atom is -0.460 e. The number of esters is 1. The molecule has 0 aliphatic heterocycles. The van der Waals surface area contributed by atoms with Gasteiger partial charge in [-0.15, -0.1) is 0 Å². The fourth-order valence-corrected chi connectivity index (χ4v) is 4.75. The van der Waals surface area contributed by atoms with Crippen molar-refractivity contribution < 1.29 is 13.9 Å². The second-order valence-electron chi connectivity index (χ2n) is 7.78. The summed E-state index contributed by atoms with van der Waals surface area (Å²) in [5, 5.41) is 2.45. The number of hydrogen-bond donors (Lipinski definition) is 0. The third-order valence-electron chi connectivity index (χ3n) is 4.93. The van der Waals surface area contributed by atoms with Gasteiger partial charge in [-0.1, -0.05) is 55.4 Å². The SMILES string of the molecule is CCOC(=O)c1oc2ccccc2c1CSc1nc2cc(Cl)ccc2c(=O)n1CC(C)C. The van der Waals surface area contributed by atoms with Gasteiger partial charge in [0.05, 0.1) is 17.5 Å².